The second-order valence-corrected chi connectivity index (χ2v) is 2.36. The van der Waals surface area contributed by atoms with Crippen LogP contribution in [0.2, 0.25) is 0 Å². The predicted molar refractivity (Wildman–Crippen MR) is 18.8 cm³/mol. The molecule has 0 amide bonds. The number of hydrogen-bond donors (Lipinski definition) is 2. The molecule has 0 fully saturated rings. The van der Waals surface area contributed by atoms with Gasteiger partial charge in [-0.1, -0.05) is 0 Å². The van der Waals surface area contributed by atoms with E-state index >= 15 is 0 Å². The number of rotatable bonds is 1. The van der Waals surface area contributed by atoms with Crippen molar-refractivity contribution in [3.8, 4) is 0 Å². The van der Waals surface area contributed by atoms with Crippen LogP contribution < -0.4 is 0 Å². The maximum absolute atomic E-state index is 8.17. The van der Waals surface area contributed by atoms with Crippen molar-refractivity contribution >= 4 is 27.9 Å². The minimum atomic E-state index is -0.421. The van der Waals surface area contributed by atoms with Crippen LogP contribution in [0.3, 0.4) is 0 Å². The molecule has 0 spiro atoms. The van der Waals surface area contributed by atoms with Crippen LogP contribution in [-0.4, -0.2) is 48.1 Å². The molecular weight excluding hydrogens is 79.0 g/mol. The van der Waals surface area contributed by atoms with Crippen LogP contribution in [0, 0.1) is 0 Å². The molecule has 0 heterocycles. The molecule has 2 N–H and O–H groups in total. The van der Waals surface area contributed by atoms with E-state index in [2.05, 4.69) is 0 Å². The van der Waals surface area contributed by atoms with E-state index in [-0.39, 0.29) is 6.61 Å². The predicted octanol–water partition coefficient (Wildman–Crippen LogP) is -1.53. The van der Waals surface area contributed by atoms with Gasteiger partial charge in [0.1, 0.15) is 0 Å². The summed E-state index contributed by atoms with van der Waals surface area (Å²) in [5.41, 5.74) is 0. The molecule has 2 nitrogen and oxygen atoms in total. The quantitative estimate of drug-likeness (QED) is 0.378. The summed E-state index contributed by atoms with van der Waals surface area (Å²) in [5.74, 6) is 0. The molecule has 1 unspecified atom stereocenters. The van der Waals surface area contributed by atoms with E-state index in [0.717, 1.165) is 0 Å². The summed E-state index contributed by atoms with van der Waals surface area (Å²) < 4.78 is -0.421. The van der Waals surface area contributed by atoms with Crippen molar-refractivity contribution < 1.29 is 10.2 Å². The number of aliphatic hydroxyl groups is 2. The molecular formula is C2H5NaO2. The molecule has 0 aliphatic heterocycles. The Morgan fingerprint density at radius 3 is 2.00 bits per heavy atom. The second-order valence-electron chi connectivity index (χ2n) is 1.03. The van der Waals surface area contributed by atoms with E-state index in [1.165, 1.54) is 0 Å². The van der Waals surface area contributed by atoms with Gasteiger partial charge in [0.05, 0.1) is 0 Å². The van der Waals surface area contributed by atoms with Crippen molar-refractivity contribution in [3.63, 3.8) is 0 Å². The fourth-order valence-corrected chi connectivity index (χ4v) is 0. The SMILES string of the molecule is OC[CH](O)[Na]. The van der Waals surface area contributed by atoms with Crippen molar-refractivity contribution in [3.05, 3.63) is 0 Å². The molecule has 3 heteroatoms. The van der Waals surface area contributed by atoms with E-state index in [9.17, 15) is 0 Å². The Bertz CT molecular complexity index is 21.6. The first-order chi connectivity index (χ1) is 2.27. The van der Waals surface area contributed by atoms with E-state index in [1.807, 2.05) is 0 Å². The zero-order valence-corrected chi connectivity index (χ0v) is 5.18. The average Bonchev–Trinajstić information content (AvgIpc) is 1.38. The fraction of sp³-hybridized carbons (Fsp3) is 1.00. The normalized spacial score (nSPS) is 15.2. The van der Waals surface area contributed by atoms with Gasteiger partial charge in [-0.25, -0.2) is 0 Å². The first-order valence-corrected chi connectivity index (χ1v) is 2.71. The molecule has 0 aromatic rings. The van der Waals surface area contributed by atoms with Gasteiger partial charge in [0.2, 0.25) is 0 Å². The zero-order chi connectivity index (χ0) is 4.28. The Kier molecular flexibility index (Phi) is 3.70. The van der Waals surface area contributed by atoms with Gasteiger partial charge >= 0.3 is 48.1 Å². The van der Waals surface area contributed by atoms with Crippen LogP contribution in [0.15, 0.2) is 0 Å². The fourth-order valence-electron chi connectivity index (χ4n) is 0. The minimum absolute atomic E-state index is 0.0772. The summed E-state index contributed by atoms with van der Waals surface area (Å²) in [6.07, 6.45) is 0. The third-order valence-corrected chi connectivity index (χ3v) is 0.629. The Labute approximate surface area is 48.2 Å². The third-order valence-electron chi connectivity index (χ3n) is 0.264. The third kappa shape index (κ3) is 4.92. The molecule has 0 aromatic heterocycles. The van der Waals surface area contributed by atoms with Crippen LogP contribution in [0.5, 0.6) is 0 Å². The molecule has 1 atom stereocenters. The summed E-state index contributed by atoms with van der Waals surface area (Å²) in [4.78, 5) is 0. The van der Waals surface area contributed by atoms with Gasteiger partial charge in [-0.3, -0.25) is 0 Å². The van der Waals surface area contributed by atoms with Crippen molar-refractivity contribution in [2.75, 3.05) is 6.61 Å². The molecule has 0 saturated heterocycles. The Morgan fingerprint density at radius 2 is 2.00 bits per heavy atom. The average molecular weight is 84.1 g/mol. The van der Waals surface area contributed by atoms with E-state index in [4.69, 9.17) is 10.2 Å². The molecule has 0 aromatic carbocycles. The summed E-state index contributed by atoms with van der Waals surface area (Å²) in [5, 5.41) is 16.1. The molecule has 0 aliphatic carbocycles. The Balaban J connectivity index is 2.54. The van der Waals surface area contributed by atoms with Crippen molar-refractivity contribution in [1.82, 2.24) is 0 Å². The van der Waals surface area contributed by atoms with Crippen molar-refractivity contribution in [2.24, 2.45) is 0 Å². The molecule has 0 aliphatic rings. The van der Waals surface area contributed by atoms with Gasteiger partial charge < -0.3 is 0 Å². The number of aliphatic hydroxyl groups excluding tert-OH is 2. The molecule has 26 valence electrons. The van der Waals surface area contributed by atoms with Crippen molar-refractivity contribution in [1.29, 1.82) is 0 Å². The molecule has 0 bridgehead atoms. The zero-order valence-electron chi connectivity index (χ0n) is 3.18. The van der Waals surface area contributed by atoms with Crippen LogP contribution in [0.4, 0.5) is 0 Å². The molecule has 0 radical (unpaired) electrons. The van der Waals surface area contributed by atoms with Crippen LogP contribution in [0.1, 0.15) is 0 Å². The molecule has 0 saturated carbocycles. The topological polar surface area (TPSA) is 40.5 Å². The van der Waals surface area contributed by atoms with Crippen LogP contribution in [0.25, 0.3) is 0 Å². The van der Waals surface area contributed by atoms with Crippen LogP contribution in [-0.2, 0) is 0 Å². The summed E-state index contributed by atoms with van der Waals surface area (Å²) >= 11 is 0.675. The van der Waals surface area contributed by atoms with E-state index in [0.29, 0.717) is 27.9 Å². The Morgan fingerprint density at radius 1 is 1.80 bits per heavy atom. The first kappa shape index (κ1) is 5.92. The summed E-state index contributed by atoms with van der Waals surface area (Å²) in [7, 11) is 0. The molecule has 0 rings (SSSR count). The first-order valence-electron chi connectivity index (χ1n) is 1.56. The van der Waals surface area contributed by atoms with Crippen molar-refractivity contribution in [2.45, 2.75) is 3.35 Å². The van der Waals surface area contributed by atoms with E-state index < -0.39 is 3.35 Å². The van der Waals surface area contributed by atoms with Gasteiger partial charge in [-0.05, 0) is 0 Å². The monoisotopic (exact) mass is 84.0 g/mol. The summed E-state index contributed by atoms with van der Waals surface area (Å²) in [6, 6.07) is 0. The maximum atomic E-state index is 8.17. The van der Waals surface area contributed by atoms with Gasteiger partial charge in [-0.2, -0.15) is 0 Å². The summed E-state index contributed by atoms with van der Waals surface area (Å²) in [6.45, 7) is -0.0772. The van der Waals surface area contributed by atoms with Gasteiger partial charge in [0.15, 0.2) is 0 Å². The van der Waals surface area contributed by atoms with Crippen LogP contribution >= 0.6 is 0 Å². The van der Waals surface area contributed by atoms with Gasteiger partial charge in [0.25, 0.3) is 0 Å². The Hall–Kier alpha value is 0.920. The van der Waals surface area contributed by atoms with Gasteiger partial charge in [0, 0.05) is 0 Å². The second kappa shape index (κ2) is 3.12. The van der Waals surface area contributed by atoms with E-state index in [1.54, 1.807) is 0 Å². The molecule has 5 heavy (non-hydrogen) atoms. The number of hydrogen-bond acceptors (Lipinski definition) is 2. The standard InChI is InChI=1S/C2H5O2.Na/c3-1-2-4;/h1,3-4H,2H2;. The van der Waals surface area contributed by atoms with Gasteiger partial charge in [-0.15, -0.1) is 0 Å².